The first-order valence-corrected chi connectivity index (χ1v) is 10.0. The number of ether oxygens (including phenoxy) is 1. The van der Waals surface area contributed by atoms with Crippen molar-refractivity contribution in [2.24, 2.45) is 0 Å². The summed E-state index contributed by atoms with van der Waals surface area (Å²) in [5.74, 6) is -0.158. The Hall–Kier alpha value is -2.25. The highest BCUT2D eigenvalue weighted by Gasteiger charge is 2.07. The number of halogens is 2. The van der Waals surface area contributed by atoms with Crippen molar-refractivity contribution in [2.45, 2.75) is 13.3 Å². The van der Waals surface area contributed by atoms with Gasteiger partial charge in [-0.25, -0.2) is 9.37 Å². The lowest BCUT2D eigenvalue weighted by Gasteiger charge is -2.09. The van der Waals surface area contributed by atoms with Crippen LogP contribution in [0.15, 0.2) is 52.3 Å². The highest BCUT2D eigenvalue weighted by molar-refractivity contribution is 9.10. The second-order valence-corrected chi connectivity index (χ2v) is 7.83. The van der Waals surface area contributed by atoms with Gasteiger partial charge in [0.2, 0.25) is 0 Å². The molecule has 0 fully saturated rings. The van der Waals surface area contributed by atoms with Crippen LogP contribution in [0.2, 0.25) is 0 Å². The van der Waals surface area contributed by atoms with Crippen molar-refractivity contribution >= 4 is 33.2 Å². The van der Waals surface area contributed by atoms with E-state index in [2.05, 4.69) is 26.2 Å². The Balaban J connectivity index is 1.43. The highest BCUT2D eigenvalue weighted by Crippen LogP contribution is 2.25. The number of aryl methyl sites for hydroxylation is 1. The largest absolute Gasteiger partial charge is 0.483 e. The highest BCUT2D eigenvalue weighted by atomic mass is 79.9. The lowest BCUT2D eigenvalue weighted by atomic mass is 10.1. The molecule has 27 heavy (non-hydrogen) atoms. The van der Waals surface area contributed by atoms with Gasteiger partial charge >= 0.3 is 0 Å². The second kappa shape index (κ2) is 9.10. The molecular formula is C20H18BrFN2O2S. The van der Waals surface area contributed by atoms with Crippen molar-refractivity contribution in [3.63, 3.8) is 0 Å². The minimum Gasteiger partial charge on any atom is -0.483 e. The van der Waals surface area contributed by atoms with Gasteiger partial charge in [0, 0.05) is 17.5 Å². The quantitative estimate of drug-likeness (QED) is 0.566. The molecule has 0 aliphatic carbocycles. The van der Waals surface area contributed by atoms with Gasteiger partial charge in [0.15, 0.2) is 6.61 Å². The summed E-state index contributed by atoms with van der Waals surface area (Å²) in [6.07, 6.45) is 0.725. The van der Waals surface area contributed by atoms with Crippen molar-refractivity contribution in [3.05, 3.63) is 68.7 Å². The number of benzene rings is 2. The maximum Gasteiger partial charge on any atom is 0.257 e. The first kappa shape index (κ1) is 19.5. The number of hydrogen-bond donors (Lipinski definition) is 1. The van der Waals surface area contributed by atoms with Gasteiger partial charge in [-0.1, -0.05) is 24.3 Å². The molecule has 0 aliphatic heterocycles. The smallest absolute Gasteiger partial charge is 0.257 e. The van der Waals surface area contributed by atoms with E-state index in [1.54, 1.807) is 11.3 Å². The third kappa shape index (κ3) is 5.61. The molecule has 4 nitrogen and oxygen atoms in total. The zero-order chi connectivity index (χ0) is 19.2. The normalized spacial score (nSPS) is 10.6. The Kier molecular flexibility index (Phi) is 6.58. The molecule has 0 atom stereocenters. The van der Waals surface area contributed by atoms with Gasteiger partial charge in [-0.2, -0.15) is 0 Å². The molecule has 1 aromatic heterocycles. The molecule has 0 radical (unpaired) electrons. The van der Waals surface area contributed by atoms with E-state index >= 15 is 0 Å². The topological polar surface area (TPSA) is 51.2 Å². The number of nitrogens with one attached hydrogen (secondary N) is 1. The predicted molar refractivity (Wildman–Crippen MR) is 109 cm³/mol. The van der Waals surface area contributed by atoms with E-state index in [0.717, 1.165) is 28.2 Å². The average molecular weight is 449 g/mol. The Morgan fingerprint density at radius 2 is 2.04 bits per heavy atom. The Morgan fingerprint density at radius 1 is 1.26 bits per heavy atom. The van der Waals surface area contributed by atoms with Crippen molar-refractivity contribution < 1.29 is 13.9 Å². The van der Waals surface area contributed by atoms with Crippen LogP contribution in [0.25, 0.3) is 11.3 Å². The summed E-state index contributed by atoms with van der Waals surface area (Å²) in [6.45, 7) is 2.39. The van der Waals surface area contributed by atoms with Gasteiger partial charge in [0.25, 0.3) is 5.91 Å². The van der Waals surface area contributed by atoms with Gasteiger partial charge in [-0.15, -0.1) is 11.3 Å². The number of thiazole rings is 1. The average Bonchev–Trinajstić information content (AvgIpc) is 3.08. The number of hydrogen-bond acceptors (Lipinski definition) is 4. The molecule has 3 aromatic rings. The summed E-state index contributed by atoms with van der Waals surface area (Å²) in [5.41, 5.74) is 3.21. The van der Waals surface area contributed by atoms with Crippen LogP contribution in [0.3, 0.4) is 0 Å². The summed E-state index contributed by atoms with van der Waals surface area (Å²) in [5, 5.41) is 5.91. The SMILES string of the molecule is Cc1nc(-c2ccc(CCNC(=O)COc3ccc(F)cc3Br)cc2)cs1. The molecule has 0 saturated carbocycles. The van der Waals surface area contributed by atoms with Gasteiger partial charge in [-0.3, -0.25) is 4.79 Å². The van der Waals surface area contributed by atoms with E-state index in [1.807, 2.05) is 36.6 Å². The molecule has 3 rings (SSSR count). The van der Waals surface area contributed by atoms with Gasteiger partial charge in [-0.05, 0) is 53.0 Å². The van der Waals surface area contributed by atoms with E-state index in [1.165, 1.54) is 18.2 Å². The van der Waals surface area contributed by atoms with E-state index in [4.69, 9.17) is 4.74 Å². The summed E-state index contributed by atoms with van der Waals surface area (Å²) < 4.78 is 18.9. The third-order valence-corrected chi connectivity index (χ3v) is 5.25. The first-order valence-electron chi connectivity index (χ1n) is 8.37. The second-order valence-electron chi connectivity index (χ2n) is 5.91. The number of rotatable bonds is 7. The van der Waals surface area contributed by atoms with Crippen molar-refractivity contribution in [1.29, 1.82) is 0 Å². The monoisotopic (exact) mass is 448 g/mol. The molecule has 1 N–H and O–H groups in total. The van der Waals surface area contributed by atoms with E-state index in [9.17, 15) is 9.18 Å². The van der Waals surface area contributed by atoms with Crippen molar-refractivity contribution in [2.75, 3.05) is 13.2 Å². The lowest BCUT2D eigenvalue weighted by molar-refractivity contribution is -0.123. The van der Waals surface area contributed by atoms with Crippen LogP contribution < -0.4 is 10.1 Å². The Labute approximate surface area is 169 Å². The van der Waals surface area contributed by atoms with Crippen LogP contribution in [0.1, 0.15) is 10.6 Å². The van der Waals surface area contributed by atoms with Crippen LogP contribution in [0.5, 0.6) is 5.75 Å². The number of carbonyl (C=O) groups is 1. The van der Waals surface area contributed by atoms with E-state index in [-0.39, 0.29) is 18.3 Å². The van der Waals surface area contributed by atoms with Gasteiger partial charge in [0.05, 0.1) is 15.2 Å². The minimum absolute atomic E-state index is 0.119. The van der Waals surface area contributed by atoms with Crippen LogP contribution in [0, 0.1) is 12.7 Å². The number of amides is 1. The molecule has 0 saturated heterocycles. The lowest BCUT2D eigenvalue weighted by Crippen LogP contribution is -2.30. The standard InChI is InChI=1S/C20H18BrFN2O2S/c1-13-24-18(12-27-13)15-4-2-14(3-5-15)8-9-23-20(25)11-26-19-7-6-16(22)10-17(19)21/h2-7,10,12H,8-9,11H2,1H3,(H,23,25). The van der Waals surface area contributed by atoms with Crippen LogP contribution in [-0.2, 0) is 11.2 Å². The molecule has 0 spiro atoms. The number of carbonyl (C=O) groups excluding carboxylic acids is 1. The summed E-state index contributed by atoms with van der Waals surface area (Å²) in [4.78, 5) is 16.4. The summed E-state index contributed by atoms with van der Waals surface area (Å²) in [7, 11) is 0. The Bertz CT molecular complexity index is 928. The molecule has 0 unspecified atom stereocenters. The van der Waals surface area contributed by atoms with E-state index < -0.39 is 0 Å². The van der Waals surface area contributed by atoms with Gasteiger partial charge in [0.1, 0.15) is 11.6 Å². The predicted octanol–water partition coefficient (Wildman–Crippen LogP) is 4.76. The summed E-state index contributed by atoms with van der Waals surface area (Å²) in [6, 6.07) is 12.2. The summed E-state index contributed by atoms with van der Waals surface area (Å²) >= 11 is 4.84. The molecule has 7 heteroatoms. The number of nitrogens with zero attached hydrogens (tertiary/aromatic N) is 1. The van der Waals surface area contributed by atoms with E-state index in [0.29, 0.717) is 16.8 Å². The third-order valence-electron chi connectivity index (χ3n) is 3.86. The van der Waals surface area contributed by atoms with Gasteiger partial charge < -0.3 is 10.1 Å². The van der Waals surface area contributed by atoms with Crippen LogP contribution >= 0.6 is 27.3 Å². The first-order chi connectivity index (χ1) is 13.0. The minimum atomic E-state index is -0.366. The molecule has 1 amide bonds. The molecule has 2 aromatic carbocycles. The maximum atomic E-state index is 13.0. The maximum absolute atomic E-state index is 13.0. The van der Waals surface area contributed by atoms with Crippen LogP contribution in [0.4, 0.5) is 4.39 Å². The fraction of sp³-hybridized carbons (Fsp3) is 0.200. The molecule has 1 heterocycles. The van der Waals surface area contributed by atoms with Crippen molar-refractivity contribution in [3.8, 4) is 17.0 Å². The zero-order valence-corrected chi connectivity index (χ0v) is 17.1. The van der Waals surface area contributed by atoms with Crippen molar-refractivity contribution in [1.82, 2.24) is 10.3 Å². The zero-order valence-electron chi connectivity index (χ0n) is 14.7. The van der Waals surface area contributed by atoms with Crippen LogP contribution in [-0.4, -0.2) is 24.0 Å². The molecule has 0 aliphatic rings. The molecular weight excluding hydrogens is 431 g/mol. The fourth-order valence-electron chi connectivity index (χ4n) is 2.47. The Morgan fingerprint density at radius 3 is 2.70 bits per heavy atom. The fourth-order valence-corrected chi connectivity index (χ4v) is 3.56. The molecule has 0 bridgehead atoms. The molecule has 140 valence electrons. The number of aromatic nitrogens is 1.